The van der Waals surface area contributed by atoms with Gasteiger partial charge in [0.15, 0.2) is 0 Å². The Kier molecular flexibility index (Phi) is 6.42. The summed E-state index contributed by atoms with van der Waals surface area (Å²) in [6.07, 6.45) is 6.14. The molecule has 0 aliphatic carbocycles. The third-order valence-electron chi connectivity index (χ3n) is 3.02. The predicted molar refractivity (Wildman–Crippen MR) is 64.1 cm³/mol. The van der Waals surface area contributed by atoms with Crippen molar-refractivity contribution in [3.63, 3.8) is 0 Å². The molecule has 0 aromatic rings. The van der Waals surface area contributed by atoms with E-state index in [4.69, 9.17) is 10.5 Å². The van der Waals surface area contributed by atoms with Gasteiger partial charge in [-0.3, -0.25) is 4.79 Å². The van der Waals surface area contributed by atoms with Crippen molar-refractivity contribution < 1.29 is 9.53 Å². The summed E-state index contributed by atoms with van der Waals surface area (Å²) in [6.45, 7) is 2.32. The second-order valence-corrected chi connectivity index (χ2v) is 4.51. The molecule has 0 saturated carbocycles. The normalized spacial score (nSPS) is 20.0. The van der Waals surface area contributed by atoms with Gasteiger partial charge in [0.05, 0.1) is 6.10 Å². The monoisotopic (exact) mass is 228 g/mol. The van der Waals surface area contributed by atoms with Gasteiger partial charge in [-0.25, -0.2) is 0 Å². The summed E-state index contributed by atoms with van der Waals surface area (Å²) in [5.74, 6) is 0.229. The van der Waals surface area contributed by atoms with Gasteiger partial charge in [-0.2, -0.15) is 0 Å². The molecule has 1 aliphatic heterocycles. The van der Waals surface area contributed by atoms with E-state index >= 15 is 0 Å². The maximum atomic E-state index is 11.7. The lowest BCUT2D eigenvalue weighted by molar-refractivity contribution is -0.131. The Hall–Kier alpha value is -0.610. The molecule has 16 heavy (non-hydrogen) atoms. The number of ether oxygens (including phenoxy) is 1. The summed E-state index contributed by atoms with van der Waals surface area (Å²) in [4.78, 5) is 13.5. The van der Waals surface area contributed by atoms with Crippen molar-refractivity contribution in [2.45, 2.75) is 44.6 Å². The lowest BCUT2D eigenvalue weighted by atomic mass is 10.1. The van der Waals surface area contributed by atoms with Gasteiger partial charge in [0.1, 0.15) is 0 Å². The largest absolute Gasteiger partial charge is 0.376 e. The molecule has 0 radical (unpaired) electrons. The van der Waals surface area contributed by atoms with Gasteiger partial charge in [0.25, 0.3) is 0 Å². The topological polar surface area (TPSA) is 55.6 Å². The zero-order chi connectivity index (χ0) is 11.8. The first-order valence-corrected chi connectivity index (χ1v) is 6.29. The summed E-state index contributed by atoms with van der Waals surface area (Å²) < 4.78 is 5.51. The molecule has 0 aromatic carbocycles. The lowest BCUT2D eigenvalue weighted by Crippen LogP contribution is -2.33. The molecule has 1 unspecified atom stereocenters. The van der Waals surface area contributed by atoms with E-state index in [0.29, 0.717) is 6.42 Å². The van der Waals surface area contributed by atoms with Gasteiger partial charge < -0.3 is 15.4 Å². The fourth-order valence-electron chi connectivity index (χ4n) is 1.98. The molecule has 1 amide bonds. The van der Waals surface area contributed by atoms with Gasteiger partial charge >= 0.3 is 0 Å². The number of nitrogens with zero attached hydrogens (tertiary/aromatic N) is 1. The van der Waals surface area contributed by atoms with Crippen LogP contribution in [-0.4, -0.2) is 43.7 Å². The molecule has 1 saturated heterocycles. The SMILES string of the molecule is CN(CC1CCCO1)C(=O)CCCCCN. The highest BCUT2D eigenvalue weighted by molar-refractivity contribution is 5.75. The summed E-state index contributed by atoms with van der Waals surface area (Å²) in [7, 11) is 1.87. The van der Waals surface area contributed by atoms with Crippen molar-refractivity contribution >= 4 is 5.91 Å². The van der Waals surface area contributed by atoms with Gasteiger partial charge in [-0.05, 0) is 32.2 Å². The molecule has 1 aliphatic rings. The molecule has 94 valence electrons. The number of hydrogen-bond acceptors (Lipinski definition) is 3. The first-order chi connectivity index (χ1) is 7.74. The van der Waals surface area contributed by atoms with Crippen LogP contribution >= 0.6 is 0 Å². The number of likely N-dealkylation sites (N-methyl/N-ethyl adjacent to an activating group) is 1. The molecule has 0 bridgehead atoms. The van der Waals surface area contributed by atoms with Crippen LogP contribution in [0.2, 0.25) is 0 Å². The summed E-state index contributed by atoms with van der Waals surface area (Å²) >= 11 is 0. The van der Waals surface area contributed by atoms with Crippen LogP contribution in [0.4, 0.5) is 0 Å². The quantitative estimate of drug-likeness (QED) is 0.665. The molecular formula is C12H24N2O2. The zero-order valence-corrected chi connectivity index (χ0v) is 10.3. The highest BCUT2D eigenvalue weighted by Crippen LogP contribution is 2.13. The van der Waals surface area contributed by atoms with E-state index in [9.17, 15) is 4.79 Å². The standard InChI is InChI=1S/C12H24N2O2/c1-14(10-11-6-5-9-16-11)12(15)7-3-2-4-8-13/h11H,2-10,13H2,1H3. The second-order valence-electron chi connectivity index (χ2n) is 4.51. The van der Waals surface area contributed by atoms with Crippen molar-refractivity contribution in [3.05, 3.63) is 0 Å². The van der Waals surface area contributed by atoms with Gasteiger partial charge in [0.2, 0.25) is 5.91 Å². The highest BCUT2D eigenvalue weighted by atomic mass is 16.5. The highest BCUT2D eigenvalue weighted by Gasteiger charge is 2.19. The third-order valence-corrected chi connectivity index (χ3v) is 3.02. The van der Waals surface area contributed by atoms with Crippen molar-refractivity contribution in [1.82, 2.24) is 4.90 Å². The average Bonchev–Trinajstić information content (AvgIpc) is 2.76. The van der Waals surface area contributed by atoms with Gasteiger partial charge in [0, 0.05) is 26.6 Å². The van der Waals surface area contributed by atoms with E-state index in [1.54, 1.807) is 4.90 Å². The molecular weight excluding hydrogens is 204 g/mol. The van der Waals surface area contributed by atoms with Crippen molar-refractivity contribution in [2.24, 2.45) is 5.73 Å². The van der Waals surface area contributed by atoms with E-state index < -0.39 is 0 Å². The molecule has 1 atom stereocenters. The number of nitrogens with two attached hydrogens (primary N) is 1. The summed E-state index contributed by atoms with van der Waals surface area (Å²) in [5, 5.41) is 0. The molecule has 0 aromatic heterocycles. The number of carbonyl (C=O) groups is 1. The van der Waals surface area contributed by atoms with Crippen LogP contribution in [0.25, 0.3) is 0 Å². The Balaban J connectivity index is 2.09. The Morgan fingerprint density at radius 3 is 2.88 bits per heavy atom. The maximum Gasteiger partial charge on any atom is 0.222 e. The van der Waals surface area contributed by atoms with Crippen molar-refractivity contribution in [2.75, 3.05) is 26.7 Å². The Bertz CT molecular complexity index is 203. The predicted octanol–water partition coefficient (Wildman–Crippen LogP) is 1.14. The van der Waals surface area contributed by atoms with E-state index in [-0.39, 0.29) is 12.0 Å². The number of amides is 1. The van der Waals surface area contributed by atoms with Crippen LogP contribution in [0.15, 0.2) is 0 Å². The molecule has 0 spiro atoms. The molecule has 1 fully saturated rings. The first kappa shape index (κ1) is 13.5. The van der Waals surface area contributed by atoms with Crippen molar-refractivity contribution in [1.29, 1.82) is 0 Å². The van der Waals surface area contributed by atoms with E-state index in [2.05, 4.69) is 0 Å². The van der Waals surface area contributed by atoms with Crippen LogP contribution in [0.3, 0.4) is 0 Å². The number of hydrogen-bond donors (Lipinski definition) is 1. The van der Waals surface area contributed by atoms with E-state index in [1.807, 2.05) is 7.05 Å². The van der Waals surface area contributed by atoms with Crippen molar-refractivity contribution in [3.8, 4) is 0 Å². The fourth-order valence-corrected chi connectivity index (χ4v) is 1.98. The maximum absolute atomic E-state index is 11.7. The number of carbonyl (C=O) groups excluding carboxylic acids is 1. The Morgan fingerprint density at radius 1 is 1.44 bits per heavy atom. The van der Waals surface area contributed by atoms with Crippen LogP contribution in [0, 0.1) is 0 Å². The summed E-state index contributed by atoms with van der Waals surface area (Å²) in [5.41, 5.74) is 5.40. The number of rotatable bonds is 7. The van der Waals surface area contributed by atoms with E-state index in [0.717, 1.165) is 51.8 Å². The molecule has 1 rings (SSSR count). The Morgan fingerprint density at radius 2 is 2.25 bits per heavy atom. The van der Waals surface area contributed by atoms with Gasteiger partial charge in [-0.15, -0.1) is 0 Å². The molecule has 4 heteroatoms. The average molecular weight is 228 g/mol. The first-order valence-electron chi connectivity index (χ1n) is 6.29. The minimum atomic E-state index is 0.229. The zero-order valence-electron chi connectivity index (χ0n) is 10.3. The van der Waals surface area contributed by atoms with Crippen LogP contribution in [0.5, 0.6) is 0 Å². The lowest BCUT2D eigenvalue weighted by Gasteiger charge is -2.20. The minimum Gasteiger partial charge on any atom is -0.376 e. The van der Waals surface area contributed by atoms with E-state index in [1.165, 1.54) is 0 Å². The molecule has 2 N–H and O–H groups in total. The third kappa shape index (κ3) is 4.94. The Labute approximate surface area is 98.1 Å². The minimum absolute atomic E-state index is 0.229. The molecule has 4 nitrogen and oxygen atoms in total. The second kappa shape index (κ2) is 7.63. The number of unbranched alkanes of at least 4 members (excludes halogenated alkanes) is 2. The molecule has 1 heterocycles. The van der Waals surface area contributed by atoms with Gasteiger partial charge in [-0.1, -0.05) is 6.42 Å². The van der Waals surface area contributed by atoms with Crippen LogP contribution < -0.4 is 5.73 Å². The smallest absolute Gasteiger partial charge is 0.222 e. The summed E-state index contributed by atoms with van der Waals surface area (Å²) in [6, 6.07) is 0. The fraction of sp³-hybridized carbons (Fsp3) is 0.917. The van der Waals surface area contributed by atoms with Crippen LogP contribution in [0.1, 0.15) is 38.5 Å². The van der Waals surface area contributed by atoms with Crippen LogP contribution in [-0.2, 0) is 9.53 Å².